The highest BCUT2D eigenvalue weighted by molar-refractivity contribution is 9.10. The highest BCUT2D eigenvalue weighted by atomic mass is 79.9. The topological polar surface area (TPSA) is 58.4 Å². The van der Waals surface area contributed by atoms with Crippen LogP contribution in [0.3, 0.4) is 0 Å². The SMILES string of the molecule is CCCNC(=O)CN(C)C(c1cc(Br)cs1)C(C)N. The fourth-order valence-corrected chi connectivity index (χ4v) is 3.73. The van der Waals surface area contributed by atoms with E-state index in [1.807, 2.05) is 31.2 Å². The second-order valence-electron chi connectivity index (χ2n) is 4.74. The Labute approximate surface area is 127 Å². The first-order valence-electron chi connectivity index (χ1n) is 6.42. The number of amides is 1. The van der Waals surface area contributed by atoms with Crippen molar-refractivity contribution in [2.24, 2.45) is 5.73 Å². The molecule has 0 aliphatic carbocycles. The van der Waals surface area contributed by atoms with Gasteiger partial charge in [0.25, 0.3) is 0 Å². The van der Waals surface area contributed by atoms with E-state index in [-0.39, 0.29) is 18.0 Å². The van der Waals surface area contributed by atoms with Crippen LogP contribution in [-0.2, 0) is 4.79 Å². The second-order valence-corrected chi connectivity index (χ2v) is 6.59. The lowest BCUT2D eigenvalue weighted by Gasteiger charge is -2.29. The zero-order valence-corrected chi connectivity index (χ0v) is 14.1. The molecule has 0 aliphatic heterocycles. The number of nitrogens with two attached hydrogens (primary N) is 1. The van der Waals surface area contributed by atoms with Crippen molar-refractivity contribution >= 4 is 33.2 Å². The molecule has 0 spiro atoms. The summed E-state index contributed by atoms with van der Waals surface area (Å²) in [6.45, 7) is 5.10. The smallest absolute Gasteiger partial charge is 0.234 e. The molecule has 6 heteroatoms. The Morgan fingerprint density at radius 1 is 1.63 bits per heavy atom. The molecule has 2 unspecified atom stereocenters. The maximum absolute atomic E-state index is 11.8. The number of nitrogens with zero attached hydrogens (tertiary/aromatic N) is 1. The summed E-state index contributed by atoms with van der Waals surface area (Å²) in [5.74, 6) is 0.0469. The molecular weight excluding hydrogens is 326 g/mol. The van der Waals surface area contributed by atoms with E-state index in [1.165, 1.54) is 4.88 Å². The second kappa shape index (κ2) is 7.99. The van der Waals surface area contributed by atoms with Gasteiger partial charge in [-0.15, -0.1) is 11.3 Å². The number of nitrogens with one attached hydrogen (secondary N) is 1. The maximum Gasteiger partial charge on any atom is 0.234 e. The van der Waals surface area contributed by atoms with E-state index in [1.54, 1.807) is 11.3 Å². The van der Waals surface area contributed by atoms with Crippen molar-refractivity contribution in [2.75, 3.05) is 20.1 Å². The normalized spacial score (nSPS) is 14.4. The van der Waals surface area contributed by atoms with E-state index in [9.17, 15) is 4.79 Å². The Morgan fingerprint density at radius 2 is 2.32 bits per heavy atom. The van der Waals surface area contributed by atoms with Gasteiger partial charge in [-0.25, -0.2) is 0 Å². The minimum Gasteiger partial charge on any atom is -0.355 e. The van der Waals surface area contributed by atoms with Gasteiger partial charge in [0.1, 0.15) is 0 Å². The largest absolute Gasteiger partial charge is 0.355 e. The molecule has 0 aliphatic rings. The molecule has 0 aromatic carbocycles. The summed E-state index contributed by atoms with van der Waals surface area (Å²) < 4.78 is 1.06. The van der Waals surface area contributed by atoms with Crippen LogP contribution >= 0.6 is 27.3 Å². The van der Waals surface area contributed by atoms with Crippen LogP contribution in [0.4, 0.5) is 0 Å². The van der Waals surface area contributed by atoms with Crippen LogP contribution in [0.15, 0.2) is 15.9 Å². The summed E-state index contributed by atoms with van der Waals surface area (Å²) in [6, 6.07) is 2.09. The summed E-state index contributed by atoms with van der Waals surface area (Å²) in [4.78, 5) is 15.0. The van der Waals surface area contributed by atoms with E-state index in [0.29, 0.717) is 6.54 Å². The standard InChI is InChI=1S/C13H22BrN3OS/c1-4-5-16-12(18)7-17(3)13(9(2)15)11-6-10(14)8-19-11/h6,8-9,13H,4-5,7,15H2,1-3H3,(H,16,18). The molecule has 4 nitrogen and oxygen atoms in total. The molecule has 0 bridgehead atoms. The summed E-state index contributed by atoms with van der Waals surface area (Å²) in [5.41, 5.74) is 6.07. The Bertz CT molecular complexity index is 408. The molecule has 1 aromatic heterocycles. The van der Waals surface area contributed by atoms with Crippen molar-refractivity contribution in [2.45, 2.75) is 32.4 Å². The summed E-state index contributed by atoms with van der Waals surface area (Å²) in [6.07, 6.45) is 0.948. The Balaban J connectivity index is 2.69. The van der Waals surface area contributed by atoms with Gasteiger partial charge in [-0.3, -0.25) is 9.69 Å². The molecule has 0 radical (unpaired) electrons. The van der Waals surface area contributed by atoms with Gasteiger partial charge in [0.15, 0.2) is 0 Å². The Hall–Kier alpha value is -0.430. The van der Waals surface area contributed by atoms with Gasteiger partial charge in [-0.1, -0.05) is 6.92 Å². The van der Waals surface area contributed by atoms with Crippen LogP contribution in [0.2, 0.25) is 0 Å². The zero-order chi connectivity index (χ0) is 14.4. The van der Waals surface area contributed by atoms with Crippen LogP contribution in [0, 0.1) is 0 Å². The third kappa shape index (κ3) is 5.22. The fraction of sp³-hybridized carbons (Fsp3) is 0.615. The van der Waals surface area contributed by atoms with E-state index in [2.05, 4.69) is 27.3 Å². The first-order valence-corrected chi connectivity index (χ1v) is 8.09. The zero-order valence-electron chi connectivity index (χ0n) is 11.6. The van der Waals surface area contributed by atoms with Crippen molar-refractivity contribution < 1.29 is 4.79 Å². The molecule has 1 rings (SSSR count). The molecule has 2 atom stereocenters. The molecule has 108 valence electrons. The summed E-state index contributed by atoms with van der Waals surface area (Å²) in [7, 11) is 1.94. The lowest BCUT2D eigenvalue weighted by atomic mass is 10.1. The molecule has 3 N–H and O–H groups in total. The average Bonchev–Trinajstić information content (AvgIpc) is 2.72. The summed E-state index contributed by atoms with van der Waals surface area (Å²) in [5, 5.41) is 4.92. The van der Waals surface area contributed by atoms with Gasteiger partial charge in [0, 0.05) is 27.3 Å². The third-order valence-corrected chi connectivity index (χ3v) is 4.58. The van der Waals surface area contributed by atoms with Crippen molar-refractivity contribution in [3.63, 3.8) is 0 Å². The average molecular weight is 348 g/mol. The van der Waals surface area contributed by atoms with Gasteiger partial charge in [-0.05, 0) is 42.4 Å². The van der Waals surface area contributed by atoms with Crippen molar-refractivity contribution in [1.82, 2.24) is 10.2 Å². The molecule has 19 heavy (non-hydrogen) atoms. The van der Waals surface area contributed by atoms with Crippen molar-refractivity contribution in [1.29, 1.82) is 0 Å². The summed E-state index contributed by atoms with van der Waals surface area (Å²) >= 11 is 5.11. The van der Waals surface area contributed by atoms with Gasteiger partial charge in [0.05, 0.1) is 12.6 Å². The van der Waals surface area contributed by atoms with Crippen molar-refractivity contribution in [3.8, 4) is 0 Å². The van der Waals surface area contributed by atoms with Gasteiger partial charge >= 0.3 is 0 Å². The van der Waals surface area contributed by atoms with Gasteiger partial charge in [0.2, 0.25) is 5.91 Å². The van der Waals surface area contributed by atoms with Crippen LogP contribution in [0.25, 0.3) is 0 Å². The van der Waals surface area contributed by atoms with Crippen LogP contribution in [0.1, 0.15) is 31.2 Å². The van der Waals surface area contributed by atoms with Crippen LogP contribution in [0.5, 0.6) is 0 Å². The Morgan fingerprint density at radius 3 is 2.79 bits per heavy atom. The fourth-order valence-electron chi connectivity index (χ4n) is 2.01. The molecule has 0 saturated heterocycles. The first-order chi connectivity index (χ1) is 8.95. The first kappa shape index (κ1) is 16.6. The van der Waals surface area contributed by atoms with E-state index in [4.69, 9.17) is 5.73 Å². The monoisotopic (exact) mass is 347 g/mol. The van der Waals surface area contributed by atoms with E-state index in [0.717, 1.165) is 17.4 Å². The highest BCUT2D eigenvalue weighted by Crippen LogP contribution is 2.30. The molecule has 1 heterocycles. The number of thiophene rings is 1. The lowest BCUT2D eigenvalue weighted by Crippen LogP contribution is -2.42. The third-order valence-electron chi connectivity index (χ3n) is 2.82. The van der Waals surface area contributed by atoms with Crippen LogP contribution < -0.4 is 11.1 Å². The lowest BCUT2D eigenvalue weighted by molar-refractivity contribution is -0.122. The molecule has 0 fully saturated rings. The predicted molar refractivity (Wildman–Crippen MR) is 84.3 cm³/mol. The molecule has 0 saturated carbocycles. The number of hydrogen-bond donors (Lipinski definition) is 2. The van der Waals surface area contributed by atoms with E-state index >= 15 is 0 Å². The number of likely N-dealkylation sites (N-methyl/N-ethyl adjacent to an activating group) is 1. The quantitative estimate of drug-likeness (QED) is 0.795. The minimum atomic E-state index is -0.0328. The predicted octanol–water partition coefficient (Wildman–Crippen LogP) is 2.36. The molecule has 1 amide bonds. The van der Waals surface area contributed by atoms with Gasteiger partial charge < -0.3 is 11.1 Å². The van der Waals surface area contributed by atoms with Crippen LogP contribution in [-0.4, -0.2) is 37.0 Å². The number of carbonyl (C=O) groups excluding carboxylic acids is 1. The molecular formula is C13H22BrN3OS. The number of hydrogen-bond acceptors (Lipinski definition) is 4. The Kier molecular flexibility index (Phi) is 6.99. The highest BCUT2D eigenvalue weighted by Gasteiger charge is 2.24. The van der Waals surface area contributed by atoms with Gasteiger partial charge in [-0.2, -0.15) is 0 Å². The number of rotatable bonds is 7. The van der Waals surface area contributed by atoms with Crippen molar-refractivity contribution in [3.05, 3.63) is 20.8 Å². The number of halogens is 1. The molecule has 1 aromatic rings. The maximum atomic E-state index is 11.8. The minimum absolute atomic E-state index is 0.0328. The van der Waals surface area contributed by atoms with E-state index < -0.39 is 0 Å². The number of carbonyl (C=O) groups is 1.